The molecule has 0 aromatic rings. The molecule has 0 bridgehead atoms. The van der Waals surface area contributed by atoms with Gasteiger partial charge in [0.05, 0.1) is 13.2 Å². The smallest absolute Gasteiger partial charge is 0.376 e. The number of hydrogen-bond donors (Lipinski definition) is 1. The molecule has 1 saturated heterocycles. The summed E-state index contributed by atoms with van der Waals surface area (Å²) in [7, 11) is 0. The van der Waals surface area contributed by atoms with E-state index < -0.39 is 24.9 Å². The highest BCUT2D eigenvalue weighted by atomic mass is 35.5. The number of ether oxygens (including phenoxy) is 1. The fraction of sp³-hybridized carbons (Fsp3) is 1.00. The minimum absolute atomic E-state index is 0.365. The first-order valence-corrected chi connectivity index (χ1v) is 3.03. The van der Waals surface area contributed by atoms with E-state index >= 15 is 0 Å². The second-order valence-electron chi connectivity index (χ2n) is 2.28. The van der Waals surface area contributed by atoms with Crippen LogP contribution < -0.4 is 0 Å². The molecule has 0 saturated carbocycles. The van der Waals surface area contributed by atoms with Crippen LogP contribution in [0.15, 0.2) is 0 Å². The summed E-state index contributed by atoms with van der Waals surface area (Å²) in [5.41, 5.74) is -2.41. The summed E-state index contributed by atoms with van der Waals surface area (Å²) in [5.74, 6) is 0. The SMILES string of the molecule is ON(Cl)C1(C(F)(F)F)COC1. The maximum absolute atomic E-state index is 12.0. The highest BCUT2D eigenvalue weighted by molar-refractivity contribution is 6.13. The van der Waals surface area contributed by atoms with Crippen LogP contribution in [-0.2, 0) is 4.74 Å². The molecule has 0 spiro atoms. The Labute approximate surface area is 65.4 Å². The first kappa shape index (κ1) is 9.05. The summed E-state index contributed by atoms with van der Waals surface area (Å²) >= 11 is 4.81. The molecule has 1 fully saturated rings. The molecular weight excluding hydrogens is 186 g/mol. The highest BCUT2D eigenvalue weighted by Crippen LogP contribution is 2.40. The average molecular weight is 192 g/mol. The maximum Gasteiger partial charge on any atom is 0.414 e. The van der Waals surface area contributed by atoms with Crippen LogP contribution in [0.25, 0.3) is 0 Å². The van der Waals surface area contributed by atoms with Gasteiger partial charge in [-0.25, -0.2) is 0 Å². The van der Waals surface area contributed by atoms with Gasteiger partial charge in [-0.3, -0.25) is 5.21 Å². The molecule has 66 valence electrons. The molecule has 0 unspecified atom stereocenters. The van der Waals surface area contributed by atoms with Gasteiger partial charge in [0.25, 0.3) is 0 Å². The van der Waals surface area contributed by atoms with Crippen molar-refractivity contribution in [2.45, 2.75) is 11.7 Å². The summed E-state index contributed by atoms with van der Waals surface area (Å²) in [6.45, 7) is -1.26. The van der Waals surface area contributed by atoms with Crippen molar-refractivity contribution in [1.29, 1.82) is 0 Å². The van der Waals surface area contributed by atoms with E-state index in [0.29, 0.717) is 0 Å². The van der Waals surface area contributed by atoms with Crippen LogP contribution >= 0.6 is 11.8 Å². The van der Waals surface area contributed by atoms with E-state index in [1.165, 1.54) is 0 Å². The predicted octanol–water partition coefficient (Wildman–Crippen LogP) is 1.16. The summed E-state index contributed by atoms with van der Waals surface area (Å²) in [6, 6.07) is 0. The second kappa shape index (κ2) is 2.48. The lowest BCUT2D eigenvalue weighted by molar-refractivity contribution is -0.335. The van der Waals surface area contributed by atoms with Crippen molar-refractivity contribution in [1.82, 2.24) is 4.58 Å². The lowest BCUT2D eigenvalue weighted by atomic mass is 9.98. The summed E-state index contributed by atoms with van der Waals surface area (Å²) in [4.78, 5) is 0. The minimum atomic E-state index is -4.57. The molecule has 11 heavy (non-hydrogen) atoms. The Kier molecular flexibility index (Phi) is 2.04. The zero-order valence-corrected chi connectivity index (χ0v) is 5.98. The van der Waals surface area contributed by atoms with Crippen LogP contribution in [0.1, 0.15) is 0 Å². The third-order valence-corrected chi connectivity index (χ3v) is 1.89. The number of hydrogen-bond acceptors (Lipinski definition) is 3. The van der Waals surface area contributed by atoms with Crippen LogP contribution in [0, 0.1) is 0 Å². The van der Waals surface area contributed by atoms with Crippen molar-refractivity contribution in [2.24, 2.45) is 0 Å². The zero-order valence-electron chi connectivity index (χ0n) is 5.23. The van der Waals surface area contributed by atoms with Gasteiger partial charge >= 0.3 is 6.18 Å². The molecule has 0 radical (unpaired) electrons. The van der Waals surface area contributed by atoms with E-state index in [0.717, 1.165) is 0 Å². The number of alkyl halides is 3. The van der Waals surface area contributed by atoms with Crippen molar-refractivity contribution in [3.05, 3.63) is 0 Å². The molecule has 0 atom stereocenters. The molecule has 0 aromatic carbocycles. The quantitative estimate of drug-likeness (QED) is 0.499. The Bertz CT molecular complexity index is 156. The van der Waals surface area contributed by atoms with Gasteiger partial charge in [-0.2, -0.15) is 13.2 Å². The van der Waals surface area contributed by atoms with Gasteiger partial charge in [0, 0.05) is 11.8 Å². The lowest BCUT2D eigenvalue weighted by Crippen LogP contribution is -2.67. The van der Waals surface area contributed by atoms with Crippen LogP contribution in [-0.4, -0.2) is 34.7 Å². The van der Waals surface area contributed by atoms with E-state index in [2.05, 4.69) is 4.74 Å². The van der Waals surface area contributed by atoms with E-state index in [1.54, 1.807) is 0 Å². The van der Waals surface area contributed by atoms with E-state index in [9.17, 15) is 13.2 Å². The molecule has 0 aromatic heterocycles. The van der Waals surface area contributed by atoms with Gasteiger partial charge in [0.15, 0.2) is 0 Å². The average Bonchev–Trinajstić information content (AvgIpc) is 1.52. The third kappa shape index (κ3) is 1.20. The monoisotopic (exact) mass is 191 g/mol. The Morgan fingerprint density at radius 2 is 1.91 bits per heavy atom. The molecule has 3 nitrogen and oxygen atoms in total. The molecule has 0 amide bonds. The van der Waals surface area contributed by atoms with Gasteiger partial charge in [0.1, 0.15) is 0 Å². The van der Waals surface area contributed by atoms with E-state index in [-0.39, 0.29) is 4.58 Å². The van der Waals surface area contributed by atoms with Crippen molar-refractivity contribution in [3.63, 3.8) is 0 Å². The van der Waals surface area contributed by atoms with Gasteiger partial charge in [-0.15, -0.1) is 0 Å². The molecule has 7 heteroatoms. The number of halogens is 4. The third-order valence-electron chi connectivity index (χ3n) is 1.56. The molecule has 1 N–H and O–H groups in total. The highest BCUT2D eigenvalue weighted by Gasteiger charge is 2.64. The van der Waals surface area contributed by atoms with Crippen molar-refractivity contribution in [3.8, 4) is 0 Å². The van der Waals surface area contributed by atoms with Gasteiger partial charge in [-0.1, -0.05) is 4.58 Å². The van der Waals surface area contributed by atoms with Gasteiger partial charge in [0.2, 0.25) is 5.54 Å². The predicted molar refractivity (Wildman–Crippen MR) is 29.1 cm³/mol. The standard InChI is InChI=1S/C4H5ClF3NO2/c5-9(10)3(1-11-2-3)4(6,7)8/h10H,1-2H2. The molecular formula is C4H5ClF3NO2. The fourth-order valence-corrected chi connectivity index (χ4v) is 0.864. The molecule has 0 aliphatic carbocycles. The van der Waals surface area contributed by atoms with Crippen molar-refractivity contribution >= 4 is 11.8 Å². The van der Waals surface area contributed by atoms with Gasteiger partial charge in [-0.05, 0) is 0 Å². The Balaban J connectivity index is 2.76. The Morgan fingerprint density at radius 1 is 1.45 bits per heavy atom. The van der Waals surface area contributed by atoms with Crippen LogP contribution in [0.4, 0.5) is 13.2 Å². The van der Waals surface area contributed by atoms with E-state index in [1.807, 2.05) is 0 Å². The first-order valence-electron chi connectivity index (χ1n) is 2.69. The summed E-state index contributed by atoms with van der Waals surface area (Å²) in [5, 5.41) is 8.46. The molecule has 1 aliphatic heterocycles. The van der Waals surface area contributed by atoms with E-state index in [4.69, 9.17) is 17.0 Å². The van der Waals surface area contributed by atoms with Crippen LogP contribution in [0.5, 0.6) is 0 Å². The second-order valence-corrected chi connectivity index (χ2v) is 2.60. The Hall–Kier alpha value is -0.0400. The van der Waals surface area contributed by atoms with Gasteiger partial charge < -0.3 is 4.74 Å². The zero-order chi connectivity index (χ0) is 8.70. The molecule has 1 aliphatic rings. The topological polar surface area (TPSA) is 32.7 Å². The first-order chi connectivity index (χ1) is 4.90. The normalized spacial score (nSPS) is 23.5. The maximum atomic E-state index is 12.0. The molecule has 1 rings (SSSR count). The number of hydroxylamine groups is 1. The lowest BCUT2D eigenvalue weighted by Gasteiger charge is -2.43. The number of nitrogens with zero attached hydrogens (tertiary/aromatic N) is 1. The minimum Gasteiger partial charge on any atom is -0.376 e. The summed E-state index contributed by atoms with van der Waals surface area (Å²) in [6.07, 6.45) is -4.57. The van der Waals surface area contributed by atoms with Crippen molar-refractivity contribution in [2.75, 3.05) is 13.2 Å². The Morgan fingerprint density at radius 3 is 1.91 bits per heavy atom. The molecule has 1 heterocycles. The van der Waals surface area contributed by atoms with Crippen molar-refractivity contribution < 1.29 is 23.1 Å². The van der Waals surface area contributed by atoms with Crippen LogP contribution in [0.2, 0.25) is 0 Å². The fourth-order valence-electron chi connectivity index (χ4n) is 0.670. The summed E-state index contributed by atoms with van der Waals surface area (Å²) < 4.78 is 40.1. The largest absolute Gasteiger partial charge is 0.414 e. The number of rotatable bonds is 1. The van der Waals surface area contributed by atoms with Crippen LogP contribution in [0.3, 0.4) is 0 Å².